The third-order valence-electron chi connectivity index (χ3n) is 6.18. The molecule has 2 aromatic carbocycles. The molecule has 1 saturated heterocycles. The first-order chi connectivity index (χ1) is 17.8. The summed E-state index contributed by atoms with van der Waals surface area (Å²) < 4.78 is 46.2. The molecule has 1 aliphatic rings. The zero-order chi connectivity index (χ0) is 26.0. The molecule has 10 heteroatoms. The Balaban J connectivity index is 1.37. The summed E-state index contributed by atoms with van der Waals surface area (Å²) in [5.41, 5.74) is 3.94. The van der Waals surface area contributed by atoms with Crippen LogP contribution in [0.2, 0.25) is 0 Å². The summed E-state index contributed by atoms with van der Waals surface area (Å²) in [5.74, 6) is -0.631. The SMILES string of the molecule is Cc1ccc(NC(=O)c2cccc(C(F)(F)F)c2)cc1-n1cc(-c2cncc(N3CCOCC3)c2)cn1. The topological polar surface area (TPSA) is 72.3 Å². The van der Waals surface area contributed by atoms with E-state index in [0.717, 1.165) is 53.3 Å². The highest BCUT2D eigenvalue weighted by molar-refractivity contribution is 6.04. The summed E-state index contributed by atoms with van der Waals surface area (Å²) in [5, 5.41) is 7.18. The summed E-state index contributed by atoms with van der Waals surface area (Å²) in [6.45, 7) is 4.89. The van der Waals surface area contributed by atoms with E-state index in [0.29, 0.717) is 18.9 Å². The monoisotopic (exact) mass is 507 g/mol. The molecule has 0 spiro atoms. The molecule has 5 rings (SSSR count). The Morgan fingerprint density at radius 3 is 2.59 bits per heavy atom. The molecule has 0 bridgehead atoms. The van der Waals surface area contributed by atoms with Crippen molar-refractivity contribution in [3.8, 4) is 16.8 Å². The number of rotatable bonds is 5. The molecule has 1 N–H and O–H groups in total. The summed E-state index contributed by atoms with van der Waals surface area (Å²) in [4.78, 5) is 19.3. The Morgan fingerprint density at radius 2 is 1.81 bits per heavy atom. The fraction of sp³-hybridized carbons (Fsp3) is 0.222. The molecule has 1 aliphatic heterocycles. The van der Waals surface area contributed by atoms with Crippen molar-refractivity contribution >= 4 is 17.3 Å². The number of hydrogen-bond acceptors (Lipinski definition) is 5. The van der Waals surface area contributed by atoms with Crippen LogP contribution in [-0.4, -0.2) is 47.0 Å². The Labute approximate surface area is 211 Å². The van der Waals surface area contributed by atoms with Crippen LogP contribution >= 0.6 is 0 Å². The van der Waals surface area contributed by atoms with E-state index in [2.05, 4.69) is 26.4 Å². The first-order valence-corrected chi connectivity index (χ1v) is 11.7. The lowest BCUT2D eigenvalue weighted by molar-refractivity contribution is -0.137. The summed E-state index contributed by atoms with van der Waals surface area (Å²) in [6.07, 6.45) is 2.71. The van der Waals surface area contributed by atoms with Gasteiger partial charge >= 0.3 is 6.18 Å². The summed E-state index contributed by atoms with van der Waals surface area (Å²) in [6, 6.07) is 11.7. The van der Waals surface area contributed by atoms with Gasteiger partial charge in [0.2, 0.25) is 0 Å². The second kappa shape index (κ2) is 10.1. The molecule has 0 saturated carbocycles. The third kappa shape index (κ3) is 5.49. The van der Waals surface area contributed by atoms with Crippen LogP contribution in [0.1, 0.15) is 21.5 Å². The first-order valence-electron chi connectivity index (χ1n) is 11.7. The number of hydrogen-bond donors (Lipinski definition) is 1. The third-order valence-corrected chi connectivity index (χ3v) is 6.18. The zero-order valence-corrected chi connectivity index (χ0v) is 20.0. The van der Waals surface area contributed by atoms with Gasteiger partial charge in [0.25, 0.3) is 5.91 Å². The van der Waals surface area contributed by atoms with Crippen molar-refractivity contribution < 1.29 is 22.7 Å². The molecule has 190 valence electrons. The first kappa shape index (κ1) is 24.5. The normalized spacial score (nSPS) is 14.0. The van der Waals surface area contributed by atoms with Crippen LogP contribution in [-0.2, 0) is 10.9 Å². The molecule has 37 heavy (non-hydrogen) atoms. The molecule has 0 atom stereocenters. The minimum atomic E-state index is -4.53. The van der Waals surface area contributed by atoms with E-state index in [-0.39, 0.29) is 5.56 Å². The van der Waals surface area contributed by atoms with E-state index >= 15 is 0 Å². The van der Waals surface area contributed by atoms with Gasteiger partial charge in [-0.05, 0) is 48.9 Å². The van der Waals surface area contributed by atoms with Gasteiger partial charge in [-0.3, -0.25) is 9.78 Å². The number of aromatic nitrogens is 3. The van der Waals surface area contributed by atoms with Crippen LogP contribution in [0.4, 0.5) is 24.5 Å². The van der Waals surface area contributed by atoms with Gasteiger partial charge in [-0.25, -0.2) is 4.68 Å². The maximum Gasteiger partial charge on any atom is 0.416 e. The summed E-state index contributed by atoms with van der Waals surface area (Å²) >= 11 is 0. The van der Waals surface area contributed by atoms with E-state index in [1.165, 1.54) is 12.1 Å². The predicted molar refractivity (Wildman–Crippen MR) is 134 cm³/mol. The molecular formula is C27H24F3N5O2. The molecular weight excluding hydrogens is 483 g/mol. The number of pyridine rings is 1. The molecule has 0 aliphatic carbocycles. The maximum absolute atomic E-state index is 13.0. The van der Waals surface area contributed by atoms with Crippen molar-refractivity contribution in [3.63, 3.8) is 0 Å². The smallest absolute Gasteiger partial charge is 0.378 e. The van der Waals surface area contributed by atoms with Crippen LogP contribution in [0.3, 0.4) is 0 Å². The number of carbonyl (C=O) groups is 1. The fourth-order valence-corrected chi connectivity index (χ4v) is 4.16. The quantitative estimate of drug-likeness (QED) is 0.394. The Kier molecular flexibility index (Phi) is 6.66. The average Bonchev–Trinajstić information content (AvgIpc) is 3.40. The number of benzene rings is 2. The molecule has 0 unspecified atom stereocenters. The van der Waals surface area contributed by atoms with Gasteiger partial charge < -0.3 is 15.0 Å². The lowest BCUT2D eigenvalue weighted by Crippen LogP contribution is -2.36. The Hall–Kier alpha value is -4.18. The molecule has 0 radical (unpaired) electrons. The van der Waals surface area contributed by atoms with Crippen molar-refractivity contribution in [1.29, 1.82) is 0 Å². The average molecular weight is 508 g/mol. The molecule has 7 nitrogen and oxygen atoms in total. The number of anilines is 2. The van der Waals surface area contributed by atoms with Gasteiger partial charge in [0, 0.05) is 47.9 Å². The van der Waals surface area contributed by atoms with Crippen molar-refractivity contribution in [3.05, 3.63) is 90.0 Å². The maximum atomic E-state index is 13.0. The number of ether oxygens (including phenoxy) is 1. The van der Waals surface area contributed by atoms with Crippen molar-refractivity contribution in [1.82, 2.24) is 14.8 Å². The zero-order valence-electron chi connectivity index (χ0n) is 20.0. The number of alkyl halides is 3. The van der Waals surface area contributed by atoms with E-state index in [1.807, 2.05) is 25.4 Å². The fourth-order valence-electron chi connectivity index (χ4n) is 4.16. The number of amides is 1. The van der Waals surface area contributed by atoms with Gasteiger partial charge in [0.15, 0.2) is 0 Å². The predicted octanol–water partition coefficient (Wildman–Crippen LogP) is 5.35. The van der Waals surface area contributed by atoms with E-state index < -0.39 is 17.6 Å². The molecule has 2 aromatic heterocycles. The van der Waals surface area contributed by atoms with Crippen LogP contribution in [0.15, 0.2) is 73.3 Å². The van der Waals surface area contributed by atoms with Crippen molar-refractivity contribution in [2.45, 2.75) is 13.1 Å². The van der Waals surface area contributed by atoms with Crippen LogP contribution < -0.4 is 10.2 Å². The second-order valence-electron chi connectivity index (χ2n) is 8.74. The highest BCUT2D eigenvalue weighted by Gasteiger charge is 2.31. The van der Waals surface area contributed by atoms with Crippen LogP contribution in [0.25, 0.3) is 16.8 Å². The number of nitrogens with zero attached hydrogens (tertiary/aromatic N) is 4. The number of carbonyl (C=O) groups excluding carboxylic acids is 1. The minimum absolute atomic E-state index is 0.0778. The summed E-state index contributed by atoms with van der Waals surface area (Å²) in [7, 11) is 0. The number of halogens is 3. The highest BCUT2D eigenvalue weighted by atomic mass is 19.4. The van der Waals surface area contributed by atoms with Gasteiger partial charge in [-0.15, -0.1) is 0 Å². The lowest BCUT2D eigenvalue weighted by atomic mass is 10.1. The standard InChI is InChI=1S/C27H24F3N5O2/c1-18-5-6-23(33-26(36)19-3-2-4-22(11-19)27(28,29)30)13-25(18)35-17-21(15-32-35)20-12-24(16-31-14-20)34-7-9-37-10-8-34/h2-6,11-17H,7-10H2,1H3,(H,33,36). The van der Waals surface area contributed by atoms with Crippen molar-refractivity contribution in [2.75, 3.05) is 36.5 Å². The molecule has 4 aromatic rings. The van der Waals surface area contributed by atoms with Gasteiger partial charge in [0.1, 0.15) is 0 Å². The van der Waals surface area contributed by atoms with Crippen LogP contribution in [0.5, 0.6) is 0 Å². The van der Waals surface area contributed by atoms with Gasteiger partial charge in [0.05, 0.1) is 42.5 Å². The lowest BCUT2D eigenvalue weighted by Gasteiger charge is -2.28. The Bertz CT molecular complexity index is 1430. The van der Waals surface area contributed by atoms with Gasteiger partial charge in [-0.2, -0.15) is 18.3 Å². The van der Waals surface area contributed by atoms with E-state index in [9.17, 15) is 18.0 Å². The number of aryl methyl sites for hydroxylation is 1. The highest BCUT2D eigenvalue weighted by Crippen LogP contribution is 2.30. The molecule has 1 fully saturated rings. The molecule has 3 heterocycles. The number of nitrogens with one attached hydrogen (secondary N) is 1. The van der Waals surface area contributed by atoms with Crippen molar-refractivity contribution in [2.24, 2.45) is 0 Å². The largest absolute Gasteiger partial charge is 0.416 e. The van der Waals surface area contributed by atoms with Crippen LogP contribution in [0, 0.1) is 6.92 Å². The van der Waals surface area contributed by atoms with E-state index in [4.69, 9.17) is 4.74 Å². The molecule has 1 amide bonds. The van der Waals surface area contributed by atoms with Gasteiger partial charge in [-0.1, -0.05) is 12.1 Å². The second-order valence-corrected chi connectivity index (χ2v) is 8.74. The minimum Gasteiger partial charge on any atom is -0.378 e. The number of morpholine rings is 1. The Morgan fingerprint density at radius 1 is 1.00 bits per heavy atom. The van der Waals surface area contributed by atoms with E-state index in [1.54, 1.807) is 29.2 Å².